The zero-order valence-electron chi connectivity index (χ0n) is 11.1. The van der Waals surface area contributed by atoms with E-state index in [1.54, 1.807) is 0 Å². The Kier molecular flexibility index (Phi) is 3.72. The molecule has 0 spiro atoms. The molecule has 2 rings (SSSR count). The van der Waals surface area contributed by atoms with Crippen molar-refractivity contribution in [3.8, 4) is 5.75 Å². The highest BCUT2D eigenvalue weighted by Crippen LogP contribution is 2.31. The van der Waals surface area contributed by atoms with Gasteiger partial charge < -0.3 is 10.1 Å². The molecule has 2 nitrogen and oxygen atoms in total. The van der Waals surface area contributed by atoms with E-state index in [4.69, 9.17) is 4.74 Å². The first-order valence-corrected chi connectivity index (χ1v) is 6.53. The fraction of sp³-hybridized carbons (Fsp3) is 0.600. The first kappa shape index (κ1) is 12.4. The van der Waals surface area contributed by atoms with Crippen LogP contribution >= 0.6 is 0 Å². The highest BCUT2D eigenvalue weighted by Gasteiger charge is 2.20. The fourth-order valence-electron chi connectivity index (χ4n) is 2.30. The van der Waals surface area contributed by atoms with Crippen molar-refractivity contribution in [2.24, 2.45) is 0 Å². The molecule has 94 valence electrons. The lowest BCUT2D eigenvalue weighted by Gasteiger charge is -2.23. The topological polar surface area (TPSA) is 21.3 Å². The maximum atomic E-state index is 5.99. The van der Waals surface area contributed by atoms with Crippen molar-refractivity contribution in [3.63, 3.8) is 0 Å². The van der Waals surface area contributed by atoms with Gasteiger partial charge in [-0.05, 0) is 36.4 Å². The maximum absolute atomic E-state index is 5.99. The lowest BCUT2D eigenvalue weighted by Crippen LogP contribution is -2.28. The molecule has 1 aromatic rings. The van der Waals surface area contributed by atoms with Gasteiger partial charge in [-0.2, -0.15) is 0 Å². The van der Waals surface area contributed by atoms with Crippen molar-refractivity contribution in [2.45, 2.75) is 45.1 Å². The van der Waals surface area contributed by atoms with E-state index in [9.17, 15) is 0 Å². The molecule has 0 saturated carbocycles. The van der Waals surface area contributed by atoms with E-state index in [1.807, 2.05) is 6.07 Å². The summed E-state index contributed by atoms with van der Waals surface area (Å²) in [5.74, 6) is 1.04. The summed E-state index contributed by atoms with van der Waals surface area (Å²) in [6, 6.07) is 8.91. The van der Waals surface area contributed by atoms with Gasteiger partial charge in [0, 0.05) is 6.04 Å². The van der Waals surface area contributed by atoms with Crippen LogP contribution in [-0.2, 0) is 5.41 Å². The number of hydrogen-bond donors (Lipinski definition) is 1. The SMILES string of the molecule is CC(C)(C)c1ccccc1OCC1CCCN1. The molecule has 0 aromatic heterocycles. The van der Waals surface area contributed by atoms with Gasteiger partial charge in [0.1, 0.15) is 12.4 Å². The molecule has 0 aliphatic carbocycles. The third-order valence-electron chi connectivity index (χ3n) is 3.30. The number of ether oxygens (including phenoxy) is 1. The van der Waals surface area contributed by atoms with Crippen LogP contribution in [0.5, 0.6) is 5.75 Å². The van der Waals surface area contributed by atoms with Crippen LogP contribution in [0.4, 0.5) is 0 Å². The number of rotatable bonds is 3. The molecule has 0 bridgehead atoms. The molecule has 1 N–H and O–H groups in total. The molecule has 1 fully saturated rings. The summed E-state index contributed by atoms with van der Waals surface area (Å²) in [4.78, 5) is 0. The predicted molar refractivity (Wildman–Crippen MR) is 71.7 cm³/mol. The van der Waals surface area contributed by atoms with Gasteiger partial charge in [-0.25, -0.2) is 0 Å². The Bertz CT molecular complexity index is 361. The van der Waals surface area contributed by atoms with Gasteiger partial charge in [0.2, 0.25) is 0 Å². The van der Waals surface area contributed by atoms with E-state index >= 15 is 0 Å². The number of benzene rings is 1. The van der Waals surface area contributed by atoms with Crippen LogP contribution in [0.25, 0.3) is 0 Å². The van der Waals surface area contributed by atoms with E-state index in [1.165, 1.54) is 18.4 Å². The van der Waals surface area contributed by atoms with Gasteiger partial charge in [-0.1, -0.05) is 39.0 Å². The Balaban J connectivity index is 2.04. The highest BCUT2D eigenvalue weighted by atomic mass is 16.5. The molecule has 1 aromatic carbocycles. The number of para-hydroxylation sites is 1. The van der Waals surface area contributed by atoms with Crippen LogP contribution in [0, 0.1) is 0 Å². The van der Waals surface area contributed by atoms with Crippen molar-refractivity contribution in [2.75, 3.05) is 13.2 Å². The second-order valence-electron chi connectivity index (χ2n) is 5.85. The van der Waals surface area contributed by atoms with Gasteiger partial charge in [-0.3, -0.25) is 0 Å². The van der Waals surface area contributed by atoms with Gasteiger partial charge in [0.25, 0.3) is 0 Å². The van der Waals surface area contributed by atoms with Crippen LogP contribution in [0.15, 0.2) is 24.3 Å². The zero-order valence-corrected chi connectivity index (χ0v) is 11.1. The second kappa shape index (κ2) is 5.09. The average molecular weight is 233 g/mol. The molecule has 1 heterocycles. The first-order valence-electron chi connectivity index (χ1n) is 6.53. The van der Waals surface area contributed by atoms with Crippen molar-refractivity contribution >= 4 is 0 Å². The Labute approximate surface area is 104 Å². The third kappa shape index (κ3) is 3.22. The van der Waals surface area contributed by atoms with E-state index < -0.39 is 0 Å². The molecule has 1 unspecified atom stereocenters. The molecular weight excluding hydrogens is 210 g/mol. The van der Waals surface area contributed by atoms with Crippen LogP contribution in [0.1, 0.15) is 39.2 Å². The Hall–Kier alpha value is -1.02. The summed E-state index contributed by atoms with van der Waals surface area (Å²) in [6.07, 6.45) is 2.51. The van der Waals surface area contributed by atoms with Crippen molar-refractivity contribution in [1.29, 1.82) is 0 Å². The molecule has 1 aliphatic heterocycles. The smallest absolute Gasteiger partial charge is 0.123 e. The minimum atomic E-state index is 0.139. The molecular formula is C15H23NO. The summed E-state index contributed by atoms with van der Waals surface area (Å²) in [6.45, 7) is 8.59. The second-order valence-corrected chi connectivity index (χ2v) is 5.85. The molecule has 0 radical (unpaired) electrons. The highest BCUT2D eigenvalue weighted by molar-refractivity contribution is 5.38. The van der Waals surface area contributed by atoms with Crippen LogP contribution < -0.4 is 10.1 Å². The van der Waals surface area contributed by atoms with Crippen molar-refractivity contribution in [1.82, 2.24) is 5.32 Å². The molecule has 1 atom stereocenters. The van der Waals surface area contributed by atoms with E-state index in [0.29, 0.717) is 6.04 Å². The Morgan fingerprint density at radius 3 is 2.71 bits per heavy atom. The monoisotopic (exact) mass is 233 g/mol. The lowest BCUT2D eigenvalue weighted by molar-refractivity contribution is 0.271. The summed E-state index contributed by atoms with van der Waals surface area (Å²) in [5, 5.41) is 3.46. The minimum Gasteiger partial charge on any atom is -0.492 e. The maximum Gasteiger partial charge on any atom is 0.123 e. The normalized spacial score (nSPS) is 20.5. The summed E-state index contributed by atoms with van der Waals surface area (Å²) in [7, 11) is 0. The van der Waals surface area contributed by atoms with E-state index in [0.717, 1.165) is 18.9 Å². The van der Waals surface area contributed by atoms with E-state index in [2.05, 4.69) is 44.3 Å². The fourth-order valence-corrected chi connectivity index (χ4v) is 2.30. The third-order valence-corrected chi connectivity index (χ3v) is 3.30. The Morgan fingerprint density at radius 2 is 2.06 bits per heavy atom. The van der Waals surface area contributed by atoms with Crippen molar-refractivity contribution < 1.29 is 4.74 Å². The van der Waals surface area contributed by atoms with E-state index in [-0.39, 0.29) is 5.41 Å². The summed E-state index contributed by atoms with van der Waals surface area (Å²) < 4.78 is 5.99. The van der Waals surface area contributed by atoms with Gasteiger partial charge in [-0.15, -0.1) is 0 Å². The zero-order chi connectivity index (χ0) is 12.3. The summed E-state index contributed by atoms with van der Waals surface area (Å²) >= 11 is 0. The van der Waals surface area contributed by atoms with Crippen LogP contribution in [0.2, 0.25) is 0 Å². The Morgan fingerprint density at radius 1 is 1.29 bits per heavy atom. The number of nitrogens with one attached hydrogen (secondary N) is 1. The summed E-state index contributed by atoms with van der Waals surface area (Å²) in [5.41, 5.74) is 1.43. The molecule has 1 aliphatic rings. The quantitative estimate of drug-likeness (QED) is 0.866. The molecule has 0 amide bonds. The van der Waals surface area contributed by atoms with Gasteiger partial charge in [0.15, 0.2) is 0 Å². The minimum absolute atomic E-state index is 0.139. The first-order chi connectivity index (χ1) is 8.07. The van der Waals surface area contributed by atoms with Gasteiger partial charge >= 0.3 is 0 Å². The van der Waals surface area contributed by atoms with Crippen molar-refractivity contribution in [3.05, 3.63) is 29.8 Å². The predicted octanol–water partition coefficient (Wildman–Crippen LogP) is 3.11. The molecule has 1 saturated heterocycles. The molecule has 17 heavy (non-hydrogen) atoms. The van der Waals surface area contributed by atoms with Gasteiger partial charge in [0.05, 0.1) is 0 Å². The average Bonchev–Trinajstić information content (AvgIpc) is 2.78. The van der Waals surface area contributed by atoms with Crippen LogP contribution in [0.3, 0.4) is 0 Å². The largest absolute Gasteiger partial charge is 0.492 e. The number of hydrogen-bond acceptors (Lipinski definition) is 2. The standard InChI is InChI=1S/C15H23NO/c1-15(2,3)13-8-4-5-9-14(13)17-11-12-7-6-10-16-12/h4-5,8-9,12,16H,6-7,10-11H2,1-3H3. The van der Waals surface area contributed by atoms with Crippen LogP contribution in [-0.4, -0.2) is 19.2 Å². The molecule has 2 heteroatoms. The lowest BCUT2D eigenvalue weighted by atomic mass is 9.86.